The van der Waals surface area contributed by atoms with Crippen molar-refractivity contribution < 1.29 is 22.8 Å². The Bertz CT molecular complexity index is 615. The first-order valence-electron chi connectivity index (χ1n) is 8.75. The monoisotopic (exact) mass is 407 g/mol. The second kappa shape index (κ2) is 10.5. The molecule has 2 rings (SSSR count). The van der Waals surface area contributed by atoms with E-state index in [1.807, 2.05) is 0 Å². The van der Waals surface area contributed by atoms with Gasteiger partial charge in [0.25, 0.3) is 5.91 Å². The molecule has 152 valence electrons. The van der Waals surface area contributed by atoms with Crippen LogP contribution in [0.5, 0.6) is 0 Å². The van der Waals surface area contributed by atoms with Crippen molar-refractivity contribution in [1.29, 1.82) is 0 Å². The molecule has 1 aromatic rings. The molecule has 0 atom stereocenters. The highest BCUT2D eigenvalue weighted by molar-refractivity contribution is 5.96. The van der Waals surface area contributed by atoms with Crippen molar-refractivity contribution in [3.63, 3.8) is 0 Å². The van der Waals surface area contributed by atoms with Crippen LogP contribution < -0.4 is 10.6 Å². The van der Waals surface area contributed by atoms with E-state index in [2.05, 4.69) is 17.6 Å². The summed E-state index contributed by atoms with van der Waals surface area (Å²) in [5.74, 6) is -0.179. The number of carbonyl (C=O) groups is 2. The molecule has 0 spiro atoms. The number of nitrogens with one attached hydrogen (secondary N) is 2. The molecule has 1 heterocycles. The minimum atomic E-state index is -4.44. The lowest BCUT2D eigenvalue weighted by Gasteiger charge is -2.32. The second-order valence-electron chi connectivity index (χ2n) is 6.39. The van der Waals surface area contributed by atoms with E-state index in [1.54, 1.807) is 4.90 Å². The van der Waals surface area contributed by atoms with Crippen molar-refractivity contribution in [3.05, 3.63) is 35.4 Å². The van der Waals surface area contributed by atoms with E-state index < -0.39 is 17.6 Å². The van der Waals surface area contributed by atoms with Gasteiger partial charge in [-0.25, -0.2) is 0 Å². The normalized spacial score (nSPS) is 15.2. The van der Waals surface area contributed by atoms with Gasteiger partial charge in [-0.2, -0.15) is 13.2 Å². The average Bonchev–Trinajstić information content (AvgIpc) is 2.64. The zero-order valence-electron chi connectivity index (χ0n) is 15.1. The zero-order valence-corrected chi connectivity index (χ0v) is 16.0. The molecule has 0 bridgehead atoms. The molecule has 1 saturated heterocycles. The number of nitrogens with zero attached hydrogens (tertiary/aromatic N) is 1. The SMILES string of the molecule is CCNCC1CCN(C(=O)CNC(=O)c2ccc(C(F)(F)F)cc2)CC1.Cl. The van der Waals surface area contributed by atoms with Gasteiger partial charge in [-0.15, -0.1) is 12.4 Å². The minimum Gasteiger partial charge on any atom is -0.343 e. The van der Waals surface area contributed by atoms with E-state index in [1.165, 1.54) is 0 Å². The summed E-state index contributed by atoms with van der Waals surface area (Å²) in [5, 5.41) is 5.78. The number of alkyl halides is 3. The predicted molar refractivity (Wildman–Crippen MR) is 98.9 cm³/mol. The van der Waals surface area contributed by atoms with Crippen molar-refractivity contribution in [2.75, 3.05) is 32.7 Å². The van der Waals surface area contributed by atoms with Gasteiger partial charge in [0.15, 0.2) is 0 Å². The van der Waals surface area contributed by atoms with Gasteiger partial charge in [0, 0.05) is 18.7 Å². The molecule has 1 fully saturated rings. The number of likely N-dealkylation sites (tertiary alicyclic amines) is 1. The molecule has 5 nitrogen and oxygen atoms in total. The molecule has 9 heteroatoms. The highest BCUT2D eigenvalue weighted by Gasteiger charge is 2.30. The number of amides is 2. The van der Waals surface area contributed by atoms with Gasteiger partial charge in [0.05, 0.1) is 12.1 Å². The molecule has 1 aromatic carbocycles. The molecule has 0 saturated carbocycles. The van der Waals surface area contributed by atoms with Gasteiger partial charge < -0.3 is 15.5 Å². The Morgan fingerprint density at radius 1 is 1.15 bits per heavy atom. The number of hydrogen-bond donors (Lipinski definition) is 2. The van der Waals surface area contributed by atoms with Crippen molar-refractivity contribution >= 4 is 24.2 Å². The maximum atomic E-state index is 12.5. The lowest BCUT2D eigenvalue weighted by Crippen LogP contribution is -2.45. The quantitative estimate of drug-likeness (QED) is 0.762. The third kappa shape index (κ3) is 7.03. The summed E-state index contributed by atoms with van der Waals surface area (Å²) in [4.78, 5) is 25.9. The van der Waals surface area contributed by atoms with Crippen molar-refractivity contribution in [2.45, 2.75) is 25.9 Å². The van der Waals surface area contributed by atoms with Crippen LogP contribution in [0.15, 0.2) is 24.3 Å². The molecule has 2 amide bonds. The lowest BCUT2D eigenvalue weighted by atomic mass is 9.97. The molecular formula is C18H25ClF3N3O2. The first-order valence-corrected chi connectivity index (χ1v) is 8.75. The Kier molecular flexibility index (Phi) is 9.05. The molecule has 0 unspecified atom stereocenters. The largest absolute Gasteiger partial charge is 0.416 e. The van der Waals surface area contributed by atoms with Crippen LogP contribution in [0.3, 0.4) is 0 Å². The van der Waals surface area contributed by atoms with Crippen LogP contribution in [-0.4, -0.2) is 49.4 Å². The Morgan fingerprint density at radius 2 is 1.74 bits per heavy atom. The van der Waals surface area contributed by atoms with Crippen molar-refractivity contribution in [3.8, 4) is 0 Å². The number of benzene rings is 1. The smallest absolute Gasteiger partial charge is 0.343 e. The summed E-state index contributed by atoms with van der Waals surface area (Å²) in [6, 6.07) is 3.92. The Hall–Kier alpha value is -1.80. The van der Waals surface area contributed by atoms with Crippen LogP contribution in [0, 0.1) is 5.92 Å². The predicted octanol–water partition coefficient (Wildman–Crippen LogP) is 2.71. The summed E-state index contributed by atoms with van der Waals surface area (Å²) in [7, 11) is 0. The summed E-state index contributed by atoms with van der Waals surface area (Å²) >= 11 is 0. The number of rotatable bonds is 6. The first-order chi connectivity index (χ1) is 12.3. The number of hydrogen-bond acceptors (Lipinski definition) is 3. The van der Waals surface area contributed by atoms with E-state index in [9.17, 15) is 22.8 Å². The fourth-order valence-electron chi connectivity index (χ4n) is 2.92. The minimum absolute atomic E-state index is 0. The molecule has 0 radical (unpaired) electrons. The first kappa shape index (κ1) is 23.2. The van der Waals surface area contributed by atoms with Gasteiger partial charge in [-0.3, -0.25) is 9.59 Å². The van der Waals surface area contributed by atoms with Gasteiger partial charge in [0.2, 0.25) is 5.91 Å². The Labute approximate surface area is 163 Å². The third-order valence-electron chi connectivity index (χ3n) is 4.52. The fourth-order valence-corrected chi connectivity index (χ4v) is 2.92. The van der Waals surface area contributed by atoms with Crippen LogP contribution in [0.2, 0.25) is 0 Å². The molecule has 1 aliphatic heterocycles. The van der Waals surface area contributed by atoms with Crippen molar-refractivity contribution in [2.24, 2.45) is 5.92 Å². The summed E-state index contributed by atoms with van der Waals surface area (Å²) in [6.45, 7) is 5.09. The average molecular weight is 408 g/mol. The van der Waals surface area contributed by atoms with Gasteiger partial charge in [-0.05, 0) is 56.1 Å². The molecule has 2 N–H and O–H groups in total. The molecular weight excluding hydrogens is 383 g/mol. The third-order valence-corrected chi connectivity index (χ3v) is 4.52. The van der Waals surface area contributed by atoms with Crippen LogP contribution in [-0.2, 0) is 11.0 Å². The molecule has 0 aliphatic carbocycles. The molecule has 27 heavy (non-hydrogen) atoms. The topological polar surface area (TPSA) is 61.4 Å². The Balaban J connectivity index is 0.00000364. The number of carbonyl (C=O) groups excluding carboxylic acids is 2. The molecule has 1 aliphatic rings. The lowest BCUT2D eigenvalue weighted by molar-refractivity contribution is -0.137. The molecule has 0 aromatic heterocycles. The Morgan fingerprint density at radius 3 is 2.26 bits per heavy atom. The maximum Gasteiger partial charge on any atom is 0.416 e. The number of halogens is 4. The van der Waals surface area contributed by atoms with Crippen LogP contribution in [0.1, 0.15) is 35.7 Å². The second-order valence-corrected chi connectivity index (χ2v) is 6.39. The maximum absolute atomic E-state index is 12.5. The van der Waals surface area contributed by atoms with Crippen LogP contribution in [0.4, 0.5) is 13.2 Å². The van der Waals surface area contributed by atoms with Crippen LogP contribution in [0.25, 0.3) is 0 Å². The van der Waals surface area contributed by atoms with Crippen molar-refractivity contribution in [1.82, 2.24) is 15.5 Å². The van der Waals surface area contributed by atoms with E-state index >= 15 is 0 Å². The van der Waals surface area contributed by atoms with E-state index in [0.717, 1.165) is 50.2 Å². The summed E-state index contributed by atoms with van der Waals surface area (Å²) in [5.41, 5.74) is -0.722. The van der Waals surface area contributed by atoms with E-state index in [4.69, 9.17) is 0 Å². The van der Waals surface area contributed by atoms with E-state index in [0.29, 0.717) is 19.0 Å². The van der Waals surface area contributed by atoms with Gasteiger partial charge >= 0.3 is 6.18 Å². The highest BCUT2D eigenvalue weighted by Crippen LogP contribution is 2.29. The van der Waals surface area contributed by atoms with E-state index in [-0.39, 0.29) is 30.4 Å². The number of piperidine rings is 1. The zero-order chi connectivity index (χ0) is 19.2. The summed E-state index contributed by atoms with van der Waals surface area (Å²) < 4.78 is 37.6. The fraction of sp³-hybridized carbons (Fsp3) is 0.556. The highest BCUT2D eigenvalue weighted by atomic mass is 35.5. The van der Waals surface area contributed by atoms with Crippen LogP contribution >= 0.6 is 12.4 Å². The van der Waals surface area contributed by atoms with Gasteiger partial charge in [-0.1, -0.05) is 6.92 Å². The standard InChI is InChI=1S/C18H24F3N3O2.ClH/c1-2-22-11-13-7-9-24(10-8-13)16(25)12-23-17(26)14-3-5-15(6-4-14)18(19,20)21;/h3-6,13,22H,2,7-12H2,1H3,(H,23,26);1H. The summed E-state index contributed by atoms with van der Waals surface area (Å²) in [6.07, 6.45) is -2.60. The van der Waals surface area contributed by atoms with Gasteiger partial charge in [0.1, 0.15) is 0 Å².